The molecule has 1 aromatic rings. The molecule has 1 heterocycles. The Labute approximate surface area is 127 Å². The van der Waals surface area contributed by atoms with Crippen molar-refractivity contribution >= 4 is 11.7 Å². The fourth-order valence-electron chi connectivity index (χ4n) is 3.10. The molecule has 0 bridgehead atoms. The van der Waals surface area contributed by atoms with Crippen LogP contribution >= 0.6 is 0 Å². The van der Waals surface area contributed by atoms with Gasteiger partial charge in [-0.15, -0.1) is 0 Å². The van der Waals surface area contributed by atoms with Gasteiger partial charge in [0, 0.05) is 12.5 Å². The lowest BCUT2D eigenvalue weighted by molar-refractivity contribution is -0.121. The Bertz CT molecular complexity index is 453. The number of nitrogens with two attached hydrogens (primary N) is 1. The van der Waals surface area contributed by atoms with Crippen molar-refractivity contribution in [3.8, 4) is 0 Å². The highest BCUT2D eigenvalue weighted by Crippen LogP contribution is 2.32. The Morgan fingerprint density at radius 2 is 2.10 bits per heavy atom. The molecule has 1 aliphatic carbocycles. The van der Waals surface area contributed by atoms with Crippen LogP contribution in [0.5, 0.6) is 0 Å². The van der Waals surface area contributed by atoms with Gasteiger partial charge in [0.15, 0.2) is 0 Å². The number of unbranched alkanes of at least 4 members (excludes halogenated alkanes) is 1. The van der Waals surface area contributed by atoms with Gasteiger partial charge in [-0.3, -0.25) is 4.79 Å². The molecule has 1 aromatic heterocycles. The van der Waals surface area contributed by atoms with E-state index in [-0.39, 0.29) is 11.8 Å². The first-order valence-corrected chi connectivity index (χ1v) is 8.19. The van der Waals surface area contributed by atoms with Crippen LogP contribution in [0.1, 0.15) is 57.6 Å². The van der Waals surface area contributed by atoms with E-state index in [2.05, 4.69) is 17.2 Å². The predicted molar refractivity (Wildman–Crippen MR) is 85.7 cm³/mol. The number of hydrogen-bond donors (Lipinski definition) is 2. The number of rotatable bonds is 6. The van der Waals surface area contributed by atoms with E-state index in [1.54, 1.807) is 0 Å². The average molecular weight is 289 g/mol. The monoisotopic (exact) mass is 289 g/mol. The molecular formula is C17H27N3O. The molecule has 1 amide bonds. The largest absolute Gasteiger partial charge is 0.325 e. The highest BCUT2D eigenvalue weighted by atomic mass is 16.1. The Kier molecular flexibility index (Phi) is 6.18. The second-order valence-electron chi connectivity index (χ2n) is 6.07. The third-order valence-corrected chi connectivity index (χ3v) is 4.45. The summed E-state index contributed by atoms with van der Waals surface area (Å²) in [6.07, 6.45) is 8.31. The van der Waals surface area contributed by atoms with Gasteiger partial charge in [-0.2, -0.15) is 0 Å². The number of aromatic nitrogens is 1. The van der Waals surface area contributed by atoms with Crippen molar-refractivity contribution in [2.45, 2.75) is 58.4 Å². The van der Waals surface area contributed by atoms with E-state index in [1.165, 1.54) is 32.1 Å². The summed E-state index contributed by atoms with van der Waals surface area (Å²) in [6.45, 7) is 2.63. The molecule has 2 rings (SSSR count). The first-order chi connectivity index (χ1) is 10.2. The van der Waals surface area contributed by atoms with Gasteiger partial charge in [0.05, 0.1) is 5.69 Å². The van der Waals surface area contributed by atoms with Crippen LogP contribution in [0.15, 0.2) is 18.2 Å². The van der Waals surface area contributed by atoms with Crippen molar-refractivity contribution in [1.29, 1.82) is 0 Å². The first kappa shape index (κ1) is 16.0. The van der Waals surface area contributed by atoms with Crippen LogP contribution in [0, 0.1) is 11.8 Å². The molecule has 0 radical (unpaired) electrons. The summed E-state index contributed by atoms with van der Waals surface area (Å²) in [4.78, 5) is 16.6. The van der Waals surface area contributed by atoms with E-state index in [0.29, 0.717) is 12.4 Å². The van der Waals surface area contributed by atoms with Crippen LogP contribution in [0.2, 0.25) is 0 Å². The zero-order chi connectivity index (χ0) is 15.1. The zero-order valence-corrected chi connectivity index (χ0v) is 13.0. The van der Waals surface area contributed by atoms with Crippen molar-refractivity contribution in [2.24, 2.45) is 17.6 Å². The highest BCUT2D eigenvalue weighted by Gasteiger charge is 2.26. The molecule has 21 heavy (non-hydrogen) atoms. The van der Waals surface area contributed by atoms with Crippen LogP contribution < -0.4 is 11.1 Å². The van der Waals surface area contributed by atoms with Crippen molar-refractivity contribution in [1.82, 2.24) is 4.98 Å². The number of amides is 1. The minimum atomic E-state index is 0.116. The summed E-state index contributed by atoms with van der Waals surface area (Å²) in [5, 5.41) is 2.94. The van der Waals surface area contributed by atoms with Gasteiger partial charge >= 0.3 is 0 Å². The molecule has 3 N–H and O–H groups in total. The molecule has 0 saturated heterocycles. The molecule has 4 nitrogen and oxygen atoms in total. The summed E-state index contributed by atoms with van der Waals surface area (Å²) >= 11 is 0. The Hall–Kier alpha value is -1.42. The number of anilines is 1. The molecule has 1 fully saturated rings. The van der Waals surface area contributed by atoms with Crippen LogP contribution in [0.3, 0.4) is 0 Å². The number of pyridine rings is 1. The summed E-state index contributed by atoms with van der Waals surface area (Å²) in [7, 11) is 0. The van der Waals surface area contributed by atoms with Crippen molar-refractivity contribution < 1.29 is 4.79 Å². The number of carbonyl (C=O) groups is 1. The van der Waals surface area contributed by atoms with Gasteiger partial charge in [0.25, 0.3) is 0 Å². The summed E-state index contributed by atoms with van der Waals surface area (Å²) in [6, 6.07) is 5.57. The molecule has 116 valence electrons. The molecule has 1 saturated carbocycles. The highest BCUT2D eigenvalue weighted by molar-refractivity contribution is 5.91. The molecule has 0 atom stereocenters. The van der Waals surface area contributed by atoms with Crippen LogP contribution in [0.25, 0.3) is 0 Å². The number of carbonyl (C=O) groups excluding carboxylic acids is 1. The van der Waals surface area contributed by atoms with Crippen LogP contribution in [0.4, 0.5) is 5.82 Å². The third kappa shape index (κ3) is 4.81. The molecular weight excluding hydrogens is 262 g/mol. The van der Waals surface area contributed by atoms with Crippen molar-refractivity contribution in [2.75, 3.05) is 5.32 Å². The van der Waals surface area contributed by atoms with E-state index in [4.69, 9.17) is 5.73 Å². The number of nitrogens with one attached hydrogen (secondary N) is 1. The molecule has 1 aliphatic rings. The van der Waals surface area contributed by atoms with Gasteiger partial charge in [-0.25, -0.2) is 4.98 Å². The lowest BCUT2D eigenvalue weighted by Crippen LogP contribution is -2.27. The fourth-order valence-corrected chi connectivity index (χ4v) is 3.10. The number of nitrogens with zero attached hydrogens (tertiary/aromatic N) is 1. The van der Waals surface area contributed by atoms with E-state index in [1.807, 2.05) is 18.2 Å². The van der Waals surface area contributed by atoms with E-state index < -0.39 is 0 Å². The van der Waals surface area contributed by atoms with Gasteiger partial charge in [-0.05, 0) is 43.7 Å². The summed E-state index contributed by atoms with van der Waals surface area (Å²) in [5.74, 6) is 1.71. The molecule has 0 aliphatic heterocycles. The van der Waals surface area contributed by atoms with E-state index >= 15 is 0 Å². The molecule has 0 spiro atoms. The maximum absolute atomic E-state index is 12.3. The van der Waals surface area contributed by atoms with Crippen molar-refractivity contribution in [3.63, 3.8) is 0 Å². The molecule has 0 unspecified atom stereocenters. The maximum atomic E-state index is 12.3. The van der Waals surface area contributed by atoms with E-state index in [0.717, 1.165) is 24.5 Å². The van der Waals surface area contributed by atoms with Gasteiger partial charge in [0.2, 0.25) is 5.91 Å². The minimum Gasteiger partial charge on any atom is -0.325 e. The zero-order valence-electron chi connectivity index (χ0n) is 13.0. The van der Waals surface area contributed by atoms with Crippen molar-refractivity contribution in [3.05, 3.63) is 23.9 Å². The Morgan fingerprint density at radius 1 is 1.33 bits per heavy atom. The SMILES string of the molecule is CCCCC1CCC(C(=O)Nc2cccc(CN)n2)CC1. The second kappa shape index (κ2) is 8.13. The predicted octanol–water partition coefficient (Wildman–Crippen LogP) is 3.48. The molecule has 0 aromatic carbocycles. The van der Waals surface area contributed by atoms with Gasteiger partial charge < -0.3 is 11.1 Å². The van der Waals surface area contributed by atoms with Crippen LogP contribution in [-0.2, 0) is 11.3 Å². The minimum absolute atomic E-state index is 0.116. The van der Waals surface area contributed by atoms with E-state index in [9.17, 15) is 4.79 Å². The quantitative estimate of drug-likeness (QED) is 0.842. The number of hydrogen-bond acceptors (Lipinski definition) is 3. The normalized spacial score (nSPS) is 22.0. The second-order valence-corrected chi connectivity index (χ2v) is 6.07. The summed E-state index contributed by atoms with van der Waals surface area (Å²) in [5.41, 5.74) is 6.37. The van der Waals surface area contributed by atoms with Gasteiger partial charge in [-0.1, -0.05) is 32.3 Å². The smallest absolute Gasteiger partial charge is 0.228 e. The maximum Gasteiger partial charge on any atom is 0.228 e. The Morgan fingerprint density at radius 3 is 2.76 bits per heavy atom. The topological polar surface area (TPSA) is 68.0 Å². The lowest BCUT2D eigenvalue weighted by atomic mass is 9.79. The van der Waals surface area contributed by atoms with Crippen LogP contribution in [-0.4, -0.2) is 10.9 Å². The third-order valence-electron chi connectivity index (χ3n) is 4.45. The average Bonchev–Trinajstić information content (AvgIpc) is 2.53. The van der Waals surface area contributed by atoms with Gasteiger partial charge in [0.1, 0.15) is 5.82 Å². The Balaban J connectivity index is 1.81. The first-order valence-electron chi connectivity index (χ1n) is 8.19. The fraction of sp³-hybridized carbons (Fsp3) is 0.647. The summed E-state index contributed by atoms with van der Waals surface area (Å²) < 4.78 is 0. The standard InChI is InChI=1S/C17H27N3O/c1-2-3-5-13-8-10-14(11-9-13)17(21)20-16-7-4-6-15(12-18)19-16/h4,6-7,13-14H,2-3,5,8-12,18H2,1H3,(H,19,20,21). The molecule has 4 heteroatoms. The lowest BCUT2D eigenvalue weighted by Gasteiger charge is -2.27.